The minimum atomic E-state index is 0.621. The number of nitrogens with zero attached hydrogens (tertiary/aromatic N) is 1. The molecule has 0 aliphatic heterocycles. The van der Waals surface area contributed by atoms with E-state index < -0.39 is 0 Å². The molecular formula is C15H15N3OS. The summed E-state index contributed by atoms with van der Waals surface area (Å²) in [5.74, 6) is 1.71. The van der Waals surface area contributed by atoms with Gasteiger partial charge in [-0.1, -0.05) is 0 Å². The SMILES string of the molecule is COc1ccc(N)cc1CNc1nccc2sccc12. The first kappa shape index (κ1) is 12.7. The molecule has 1 aromatic carbocycles. The van der Waals surface area contributed by atoms with Crippen molar-refractivity contribution in [3.63, 3.8) is 0 Å². The molecule has 20 heavy (non-hydrogen) atoms. The quantitative estimate of drug-likeness (QED) is 0.720. The largest absolute Gasteiger partial charge is 0.496 e. The fourth-order valence-corrected chi connectivity index (χ4v) is 2.93. The molecule has 102 valence electrons. The Morgan fingerprint density at radius 1 is 1.30 bits per heavy atom. The van der Waals surface area contributed by atoms with Crippen LogP contribution in [0.25, 0.3) is 10.1 Å². The highest BCUT2D eigenvalue weighted by atomic mass is 32.1. The molecule has 2 heterocycles. The minimum Gasteiger partial charge on any atom is -0.496 e. The summed E-state index contributed by atoms with van der Waals surface area (Å²) in [6.45, 7) is 0.621. The van der Waals surface area contributed by atoms with E-state index in [4.69, 9.17) is 10.5 Å². The van der Waals surface area contributed by atoms with Crippen molar-refractivity contribution in [3.8, 4) is 5.75 Å². The topological polar surface area (TPSA) is 60.2 Å². The molecule has 5 heteroatoms. The van der Waals surface area contributed by atoms with Crippen LogP contribution in [0.1, 0.15) is 5.56 Å². The molecule has 0 saturated carbocycles. The summed E-state index contributed by atoms with van der Waals surface area (Å²) in [4.78, 5) is 4.40. The number of nitrogen functional groups attached to an aromatic ring is 1. The summed E-state index contributed by atoms with van der Waals surface area (Å²) in [7, 11) is 1.66. The highest BCUT2D eigenvalue weighted by molar-refractivity contribution is 7.17. The van der Waals surface area contributed by atoms with Crippen LogP contribution in [0.5, 0.6) is 5.75 Å². The van der Waals surface area contributed by atoms with E-state index in [2.05, 4.69) is 21.7 Å². The number of hydrogen-bond donors (Lipinski definition) is 2. The Labute approximate surface area is 121 Å². The van der Waals surface area contributed by atoms with Crippen molar-refractivity contribution in [1.29, 1.82) is 0 Å². The zero-order chi connectivity index (χ0) is 13.9. The van der Waals surface area contributed by atoms with Gasteiger partial charge in [-0.2, -0.15) is 0 Å². The fraction of sp³-hybridized carbons (Fsp3) is 0.133. The van der Waals surface area contributed by atoms with Gasteiger partial charge in [0.05, 0.1) is 7.11 Å². The van der Waals surface area contributed by atoms with Crippen molar-refractivity contribution < 1.29 is 4.74 Å². The lowest BCUT2D eigenvalue weighted by Gasteiger charge is -2.11. The Hall–Kier alpha value is -2.27. The number of hydrogen-bond acceptors (Lipinski definition) is 5. The fourth-order valence-electron chi connectivity index (χ4n) is 2.15. The van der Waals surface area contributed by atoms with E-state index in [1.165, 1.54) is 4.70 Å². The van der Waals surface area contributed by atoms with Gasteiger partial charge in [-0.05, 0) is 35.7 Å². The number of methoxy groups -OCH3 is 1. The van der Waals surface area contributed by atoms with E-state index in [-0.39, 0.29) is 0 Å². The number of thiophene rings is 1. The van der Waals surface area contributed by atoms with Crippen LogP contribution in [0.15, 0.2) is 41.9 Å². The lowest BCUT2D eigenvalue weighted by Crippen LogP contribution is -2.04. The Bertz CT molecular complexity index is 739. The maximum absolute atomic E-state index is 5.83. The third-order valence-corrected chi connectivity index (χ3v) is 4.01. The molecule has 0 fully saturated rings. The highest BCUT2D eigenvalue weighted by Crippen LogP contribution is 2.27. The van der Waals surface area contributed by atoms with Crippen LogP contribution in [0.3, 0.4) is 0 Å². The summed E-state index contributed by atoms with van der Waals surface area (Å²) in [5, 5.41) is 6.56. The van der Waals surface area contributed by atoms with E-state index in [0.717, 1.165) is 28.2 Å². The Balaban J connectivity index is 1.86. The number of pyridine rings is 1. The number of anilines is 2. The predicted molar refractivity (Wildman–Crippen MR) is 84.4 cm³/mol. The second kappa shape index (κ2) is 5.38. The van der Waals surface area contributed by atoms with Crippen molar-refractivity contribution in [1.82, 2.24) is 4.98 Å². The first-order valence-electron chi connectivity index (χ1n) is 6.26. The van der Waals surface area contributed by atoms with Crippen LogP contribution in [0.4, 0.5) is 11.5 Å². The molecule has 3 rings (SSSR count). The Morgan fingerprint density at radius 2 is 2.20 bits per heavy atom. The van der Waals surface area contributed by atoms with Crippen molar-refractivity contribution in [3.05, 3.63) is 47.5 Å². The monoisotopic (exact) mass is 285 g/mol. The number of fused-ring (bicyclic) bond motifs is 1. The van der Waals surface area contributed by atoms with Crippen LogP contribution in [-0.4, -0.2) is 12.1 Å². The van der Waals surface area contributed by atoms with Crippen LogP contribution in [0.2, 0.25) is 0 Å². The van der Waals surface area contributed by atoms with Gasteiger partial charge in [-0.15, -0.1) is 11.3 Å². The average molecular weight is 285 g/mol. The summed E-state index contributed by atoms with van der Waals surface area (Å²) >= 11 is 1.71. The molecule has 3 aromatic rings. The second-order valence-corrected chi connectivity index (χ2v) is 5.36. The van der Waals surface area contributed by atoms with E-state index in [1.807, 2.05) is 30.5 Å². The summed E-state index contributed by atoms with van der Waals surface area (Å²) in [6.07, 6.45) is 1.82. The maximum Gasteiger partial charge on any atom is 0.134 e. The van der Waals surface area contributed by atoms with E-state index in [0.29, 0.717) is 6.54 Å². The Morgan fingerprint density at radius 3 is 3.05 bits per heavy atom. The summed E-state index contributed by atoms with van der Waals surface area (Å²) in [5.41, 5.74) is 7.57. The van der Waals surface area contributed by atoms with Gasteiger partial charge in [0.15, 0.2) is 0 Å². The molecule has 0 spiro atoms. The van der Waals surface area contributed by atoms with Gasteiger partial charge in [0.25, 0.3) is 0 Å². The second-order valence-electron chi connectivity index (χ2n) is 4.42. The number of nitrogens with two attached hydrogens (primary N) is 1. The molecule has 0 aliphatic carbocycles. The lowest BCUT2D eigenvalue weighted by molar-refractivity contribution is 0.410. The van der Waals surface area contributed by atoms with Crippen molar-refractivity contribution in [2.75, 3.05) is 18.2 Å². The normalized spacial score (nSPS) is 10.7. The minimum absolute atomic E-state index is 0.621. The molecule has 0 saturated heterocycles. The van der Waals surface area contributed by atoms with E-state index >= 15 is 0 Å². The number of nitrogens with one attached hydrogen (secondary N) is 1. The van der Waals surface area contributed by atoms with Gasteiger partial charge in [0, 0.05) is 34.1 Å². The maximum atomic E-state index is 5.83. The first-order valence-corrected chi connectivity index (χ1v) is 7.14. The molecule has 3 N–H and O–H groups in total. The van der Waals surface area contributed by atoms with Crippen molar-refractivity contribution in [2.24, 2.45) is 0 Å². The molecule has 0 atom stereocenters. The first-order chi connectivity index (χ1) is 9.78. The van der Waals surface area contributed by atoms with Crippen molar-refractivity contribution in [2.45, 2.75) is 6.54 Å². The van der Waals surface area contributed by atoms with Crippen LogP contribution < -0.4 is 15.8 Å². The third kappa shape index (κ3) is 2.40. The lowest BCUT2D eigenvalue weighted by atomic mass is 10.1. The molecule has 0 amide bonds. The molecule has 0 aliphatic rings. The molecule has 0 unspecified atom stereocenters. The van der Waals surface area contributed by atoms with Gasteiger partial charge in [-0.3, -0.25) is 0 Å². The summed E-state index contributed by atoms with van der Waals surface area (Å²) in [6, 6.07) is 9.73. The van der Waals surface area contributed by atoms with Gasteiger partial charge < -0.3 is 15.8 Å². The van der Waals surface area contributed by atoms with E-state index in [9.17, 15) is 0 Å². The number of ether oxygens (including phenoxy) is 1. The predicted octanol–water partition coefficient (Wildman–Crippen LogP) is 3.50. The van der Waals surface area contributed by atoms with Crippen molar-refractivity contribution >= 4 is 32.9 Å². The summed E-state index contributed by atoms with van der Waals surface area (Å²) < 4.78 is 6.57. The molecule has 0 bridgehead atoms. The molecule has 2 aromatic heterocycles. The average Bonchev–Trinajstić information content (AvgIpc) is 2.94. The number of benzene rings is 1. The van der Waals surface area contributed by atoms with Crippen LogP contribution in [-0.2, 0) is 6.54 Å². The van der Waals surface area contributed by atoms with Gasteiger partial charge in [-0.25, -0.2) is 4.98 Å². The molecule has 4 nitrogen and oxygen atoms in total. The number of aromatic nitrogens is 1. The zero-order valence-electron chi connectivity index (χ0n) is 11.1. The highest BCUT2D eigenvalue weighted by Gasteiger charge is 2.06. The van der Waals surface area contributed by atoms with Crippen LogP contribution in [0, 0.1) is 0 Å². The third-order valence-electron chi connectivity index (χ3n) is 3.13. The van der Waals surface area contributed by atoms with E-state index in [1.54, 1.807) is 18.4 Å². The molecule has 0 radical (unpaired) electrons. The Kier molecular flexibility index (Phi) is 3.43. The number of rotatable bonds is 4. The molecular weight excluding hydrogens is 270 g/mol. The smallest absolute Gasteiger partial charge is 0.134 e. The van der Waals surface area contributed by atoms with Gasteiger partial charge in [0.1, 0.15) is 11.6 Å². The van der Waals surface area contributed by atoms with Gasteiger partial charge in [0.2, 0.25) is 0 Å². The van der Waals surface area contributed by atoms with Crippen LogP contribution >= 0.6 is 11.3 Å². The zero-order valence-corrected chi connectivity index (χ0v) is 11.9. The standard InChI is InChI=1S/C15H15N3OS/c1-19-13-3-2-11(16)8-10(13)9-18-15-12-5-7-20-14(12)4-6-17-15/h2-8H,9,16H2,1H3,(H,17,18). The van der Waals surface area contributed by atoms with Gasteiger partial charge >= 0.3 is 0 Å².